The number of piperazine rings is 1. The van der Waals surface area contributed by atoms with Crippen LogP contribution in [0, 0.1) is 5.82 Å². The molecule has 0 N–H and O–H groups in total. The third kappa shape index (κ3) is 5.27. The van der Waals surface area contributed by atoms with Gasteiger partial charge in [-0.3, -0.25) is 0 Å². The van der Waals surface area contributed by atoms with Crippen LogP contribution in [0.5, 0.6) is 0 Å². The average molecular weight is 397 g/mol. The summed E-state index contributed by atoms with van der Waals surface area (Å²) < 4.78 is 39.6. The zero-order valence-electron chi connectivity index (χ0n) is 14.4. The number of benzene rings is 2. The molecule has 2 aromatic carbocycles. The Bertz CT molecular complexity index is 835. The van der Waals surface area contributed by atoms with Crippen molar-refractivity contribution < 1.29 is 12.8 Å². The van der Waals surface area contributed by atoms with E-state index in [2.05, 4.69) is 11.0 Å². The standard InChI is InChI=1S/C19H22ClFN2O2S/c20-18-3-1-2-16(14-18)8-9-22-10-12-23(13-11-22)26(24,25)15-17-4-6-19(21)7-5-17/h1-7,14H,8-13,15H2. The van der Waals surface area contributed by atoms with Gasteiger partial charge in [0.25, 0.3) is 0 Å². The van der Waals surface area contributed by atoms with Gasteiger partial charge in [0.15, 0.2) is 0 Å². The lowest BCUT2D eigenvalue weighted by Gasteiger charge is -2.34. The summed E-state index contributed by atoms with van der Waals surface area (Å²) in [4.78, 5) is 2.27. The Labute approximate surface area is 159 Å². The first-order chi connectivity index (χ1) is 12.4. The van der Waals surface area contributed by atoms with Crippen molar-refractivity contribution in [1.82, 2.24) is 9.21 Å². The predicted molar refractivity (Wildman–Crippen MR) is 102 cm³/mol. The maximum Gasteiger partial charge on any atom is 0.218 e. The van der Waals surface area contributed by atoms with Gasteiger partial charge in [0.2, 0.25) is 10.0 Å². The molecule has 1 fully saturated rings. The normalized spacial score (nSPS) is 16.7. The van der Waals surface area contributed by atoms with E-state index < -0.39 is 10.0 Å². The molecule has 2 aromatic rings. The van der Waals surface area contributed by atoms with Crippen LogP contribution in [-0.4, -0.2) is 50.3 Å². The van der Waals surface area contributed by atoms with Crippen LogP contribution in [0.25, 0.3) is 0 Å². The molecule has 0 bridgehead atoms. The van der Waals surface area contributed by atoms with Gasteiger partial charge in [0.1, 0.15) is 5.82 Å². The fourth-order valence-electron chi connectivity index (χ4n) is 3.09. The van der Waals surface area contributed by atoms with Crippen molar-refractivity contribution in [1.29, 1.82) is 0 Å². The Morgan fingerprint density at radius 2 is 1.65 bits per heavy atom. The summed E-state index contributed by atoms with van der Waals surface area (Å²) in [6.45, 7) is 3.27. The number of rotatable bonds is 6. The van der Waals surface area contributed by atoms with Crippen molar-refractivity contribution in [3.8, 4) is 0 Å². The summed E-state index contributed by atoms with van der Waals surface area (Å²) in [6, 6.07) is 13.4. The van der Waals surface area contributed by atoms with Crippen molar-refractivity contribution >= 4 is 21.6 Å². The minimum Gasteiger partial charge on any atom is -0.300 e. The van der Waals surface area contributed by atoms with E-state index in [9.17, 15) is 12.8 Å². The maximum absolute atomic E-state index is 13.0. The first-order valence-corrected chi connectivity index (χ1v) is 10.6. The highest BCUT2D eigenvalue weighted by Crippen LogP contribution is 2.15. The quantitative estimate of drug-likeness (QED) is 0.753. The Morgan fingerprint density at radius 1 is 0.962 bits per heavy atom. The largest absolute Gasteiger partial charge is 0.300 e. The van der Waals surface area contributed by atoms with E-state index in [1.54, 1.807) is 0 Å². The summed E-state index contributed by atoms with van der Waals surface area (Å²) in [5.41, 5.74) is 1.79. The van der Waals surface area contributed by atoms with Crippen LogP contribution < -0.4 is 0 Å². The van der Waals surface area contributed by atoms with E-state index in [0.717, 1.165) is 18.0 Å². The number of nitrogens with zero attached hydrogens (tertiary/aromatic N) is 2. The molecule has 1 aliphatic rings. The highest BCUT2D eigenvalue weighted by molar-refractivity contribution is 7.88. The Morgan fingerprint density at radius 3 is 2.31 bits per heavy atom. The maximum atomic E-state index is 13.0. The minimum absolute atomic E-state index is 0.0875. The fraction of sp³-hybridized carbons (Fsp3) is 0.368. The first-order valence-electron chi connectivity index (χ1n) is 8.61. The van der Waals surface area contributed by atoms with Crippen LogP contribution in [0.2, 0.25) is 5.02 Å². The second-order valence-electron chi connectivity index (χ2n) is 6.50. The van der Waals surface area contributed by atoms with Gasteiger partial charge in [0, 0.05) is 37.7 Å². The molecular weight excluding hydrogens is 375 g/mol. The van der Waals surface area contributed by atoms with E-state index in [-0.39, 0.29) is 11.6 Å². The van der Waals surface area contributed by atoms with Gasteiger partial charge >= 0.3 is 0 Å². The van der Waals surface area contributed by atoms with E-state index in [1.165, 1.54) is 34.1 Å². The van der Waals surface area contributed by atoms with Crippen LogP contribution in [0.15, 0.2) is 48.5 Å². The predicted octanol–water partition coefficient (Wildman–Crippen LogP) is 3.17. The van der Waals surface area contributed by atoms with E-state index in [0.29, 0.717) is 31.7 Å². The molecule has 0 radical (unpaired) electrons. The third-order valence-corrected chi connectivity index (χ3v) is 6.68. The molecule has 26 heavy (non-hydrogen) atoms. The number of hydrogen-bond donors (Lipinski definition) is 0. The minimum atomic E-state index is -3.38. The second kappa shape index (κ2) is 8.48. The smallest absolute Gasteiger partial charge is 0.218 e. The molecule has 0 atom stereocenters. The highest BCUT2D eigenvalue weighted by Gasteiger charge is 2.26. The third-order valence-electron chi connectivity index (χ3n) is 4.59. The summed E-state index contributed by atoms with van der Waals surface area (Å²) in [6.07, 6.45) is 0.892. The molecule has 0 amide bonds. The lowest BCUT2D eigenvalue weighted by molar-refractivity contribution is 0.190. The van der Waals surface area contributed by atoms with Crippen LogP contribution in [-0.2, 0) is 22.2 Å². The molecule has 3 rings (SSSR count). The van der Waals surface area contributed by atoms with Crippen molar-refractivity contribution in [3.05, 3.63) is 70.5 Å². The Balaban J connectivity index is 1.50. The van der Waals surface area contributed by atoms with E-state index in [4.69, 9.17) is 11.6 Å². The Kier molecular flexibility index (Phi) is 6.29. The number of hydrogen-bond acceptors (Lipinski definition) is 3. The van der Waals surface area contributed by atoms with Gasteiger partial charge in [-0.25, -0.2) is 12.8 Å². The molecule has 0 unspecified atom stereocenters. The zero-order chi connectivity index (χ0) is 18.6. The summed E-state index contributed by atoms with van der Waals surface area (Å²) in [7, 11) is -3.38. The average Bonchev–Trinajstić information content (AvgIpc) is 2.62. The van der Waals surface area contributed by atoms with Crippen LogP contribution >= 0.6 is 11.6 Å². The summed E-state index contributed by atoms with van der Waals surface area (Å²) in [5, 5.41) is 0.735. The van der Waals surface area contributed by atoms with Gasteiger partial charge in [-0.05, 0) is 41.8 Å². The molecule has 0 aromatic heterocycles. The molecule has 1 aliphatic heterocycles. The molecule has 7 heteroatoms. The molecule has 140 valence electrons. The number of halogens is 2. The van der Waals surface area contributed by atoms with Gasteiger partial charge < -0.3 is 4.90 Å². The summed E-state index contributed by atoms with van der Waals surface area (Å²) in [5.74, 6) is -0.449. The monoisotopic (exact) mass is 396 g/mol. The highest BCUT2D eigenvalue weighted by atomic mass is 35.5. The molecule has 0 spiro atoms. The zero-order valence-corrected chi connectivity index (χ0v) is 16.0. The lowest BCUT2D eigenvalue weighted by atomic mass is 10.1. The van der Waals surface area contributed by atoms with Crippen LogP contribution in [0.1, 0.15) is 11.1 Å². The van der Waals surface area contributed by atoms with Crippen molar-refractivity contribution in [3.63, 3.8) is 0 Å². The van der Waals surface area contributed by atoms with E-state index in [1.807, 2.05) is 18.2 Å². The molecule has 0 saturated carbocycles. The van der Waals surface area contributed by atoms with Gasteiger partial charge in [-0.1, -0.05) is 35.9 Å². The fourth-order valence-corrected chi connectivity index (χ4v) is 4.82. The van der Waals surface area contributed by atoms with Gasteiger partial charge in [-0.15, -0.1) is 0 Å². The SMILES string of the molecule is O=S(=O)(Cc1ccc(F)cc1)N1CCN(CCc2cccc(Cl)c2)CC1. The Hall–Kier alpha value is -1.47. The molecular formula is C19H22ClFN2O2S. The summed E-state index contributed by atoms with van der Waals surface area (Å²) >= 11 is 6.00. The molecule has 4 nitrogen and oxygen atoms in total. The van der Waals surface area contributed by atoms with Crippen molar-refractivity contribution in [2.75, 3.05) is 32.7 Å². The van der Waals surface area contributed by atoms with Gasteiger partial charge in [0.05, 0.1) is 5.75 Å². The van der Waals surface area contributed by atoms with Crippen LogP contribution in [0.4, 0.5) is 4.39 Å². The molecule has 1 saturated heterocycles. The second-order valence-corrected chi connectivity index (χ2v) is 8.91. The number of sulfonamides is 1. The van der Waals surface area contributed by atoms with Gasteiger partial charge in [-0.2, -0.15) is 4.31 Å². The van der Waals surface area contributed by atoms with Crippen LogP contribution in [0.3, 0.4) is 0 Å². The first kappa shape index (κ1) is 19.3. The molecule has 1 heterocycles. The van der Waals surface area contributed by atoms with Crippen molar-refractivity contribution in [2.45, 2.75) is 12.2 Å². The molecule has 0 aliphatic carbocycles. The lowest BCUT2D eigenvalue weighted by Crippen LogP contribution is -2.49. The van der Waals surface area contributed by atoms with E-state index >= 15 is 0 Å². The topological polar surface area (TPSA) is 40.6 Å². The van der Waals surface area contributed by atoms with Crippen molar-refractivity contribution in [2.24, 2.45) is 0 Å².